The van der Waals surface area contributed by atoms with E-state index in [1.54, 1.807) is 12.1 Å². The van der Waals surface area contributed by atoms with Crippen molar-refractivity contribution in [2.45, 2.75) is 39.0 Å². The van der Waals surface area contributed by atoms with Crippen molar-refractivity contribution >= 4 is 17.7 Å². The number of esters is 1. The van der Waals surface area contributed by atoms with Gasteiger partial charge in [-0.2, -0.15) is 0 Å². The van der Waals surface area contributed by atoms with Gasteiger partial charge in [0, 0.05) is 30.9 Å². The number of ketones is 1. The number of benzene rings is 3. The third kappa shape index (κ3) is 8.56. The van der Waals surface area contributed by atoms with Gasteiger partial charge in [-0.25, -0.2) is 0 Å². The molecule has 3 aromatic rings. The Morgan fingerprint density at radius 1 is 0.889 bits per heavy atom. The highest BCUT2D eigenvalue weighted by molar-refractivity contribution is 5.98. The largest absolute Gasteiger partial charge is 0.481 e. The van der Waals surface area contributed by atoms with Gasteiger partial charge in [-0.3, -0.25) is 14.4 Å². The van der Waals surface area contributed by atoms with Crippen molar-refractivity contribution < 1.29 is 24.2 Å². The number of carboxylic acid groups (broad SMARTS) is 1. The monoisotopic (exact) mass is 482 g/mol. The molecule has 0 bridgehead atoms. The molecule has 1 N–H and O–H groups in total. The lowest BCUT2D eigenvalue weighted by atomic mass is 9.92. The lowest BCUT2D eigenvalue weighted by Gasteiger charge is -2.12. The molecule has 5 nitrogen and oxygen atoms in total. The molecule has 0 radical (unpaired) electrons. The number of aliphatic carboxylic acids is 1. The molecule has 36 heavy (non-hydrogen) atoms. The molecule has 0 spiro atoms. The first-order chi connectivity index (χ1) is 17.4. The average molecular weight is 483 g/mol. The number of ether oxygens (including phenoxy) is 1. The Kier molecular flexibility index (Phi) is 10.0. The molecule has 184 valence electrons. The fourth-order valence-electron chi connectivity index (χ4n) is 3.86. The Labute approximate surface area is 212 Å². The molecular weight excluding hydrogens is 452 g/mol. The second-order valence-electron chi connectivity index (χ2n) is 8.59. The molecule has 0 aliphatic heterocycles. The van der Waals surface area contributed by atoms with E-state index in [1.807, 2.05) is 66.7 Å². The zero-order chi connectivity index (χ0) is 25.8. The van der Waals surface area contributed by atoms with Crippen LogP contribution in [0.1, 0.15) is 54.1 Å². The molecule has 0 fully saturated rings. The number of rotatable bonds is 11. The number of hydrogen-bond donors (Lipinski definition) is 1. The van der Waals surface area contributed by atoms with Gasteiger partial charge in [0.2, 0.25) is 0 Å². The molecule has 0 saturated carbocycles. The number of Topliss-reactive ketones (excluding diaryl/α,β-unsaturated/α-hetero) is 1. The summed E-state index contributed by atoms with van der Waals surface area (Å²) < 4.78 is 4.86. The predicted octanol–water partition coefficient (Wildman–Crippen LogP) is 5.95. The maximum absolute atomic E-state index is 12.8. The maximum atomic E-state index is 12.8. The summed E-state index contributed by atoms with van der Waals surface area (Å²) in [6.07, 6.45) is 2.46. The van der Waals surface area contributed by atoms with E-state index in [4.69, 9.17) is 4.74 Å². The Bertz CT molecular complexity index is 1220. The highest BCUT2D eigenvalue weighted by atomic mass is 16.5. The zero-order valence-electron chi connectivity index (χ0n) is 20.4. The van der Waals surface area contributed by atoms with Crippen molar-refractivity contribution in [3.05, 3.63) is 95.6 Å². The van der Waals surface area contributed by atoms with Crippen molar-refractivity contribution in [3.8, 4) is 23.0 Å². The van der Waals surface area contributed by atoms with Gasteiger partial charge in [0.25, 0.3) is 0 Å². The minimum Gasteiger partial charge on any atom is -0.481 e. The summed E-state index contributed by atoms with van der Waals surface area (Å²) >= 11 is 0. The molecule has 0 aliphatic rings. The molecule has 3 rings (SSSR count). The normalized spacial score (nSPS) is 11.1. The van der Waals surface area contributed by atoms with E-state index in [0.29, 0.717) is 18.4 Å². The first kappa shape index (κ1) is 26.4. The van der Waals surface area contributed by atoms with E-state index in [1.165, 1.54) is 12.5 Å². The van der Waals surface area contributed by atoms with Crippen LogP contribution in [0.4, 0.5) is 0 Å². The molecular formula is C31H30O5. The standard InChI is InChI=1S/C31H30O5/c1-23(32)36-21-6-5-10-25-13-15-26(16-14-25)27-17-19-28(20-18-27)30(33)22-29(31(34)35)12-7-11-24-8-3-2-4-9-24/h2-4,8-9,13-20,29H,6-7,11-12,21-22H2,1H3,(H,34,35). The number of carbonyl (C=O) groups is 3. The van der Waals surface area contributed by atoms with Crippen LogP contribution in [0.25, 0.3) is 11.1 Å². The molecule has 0 aromatic heterocycles. The van der Waals surface area contributed by atoms with Crippen molar-refractivity contribution in [1.82, 2.24) is 0 Å². The van der Waals surface area contributed by atoms with E-state index >= 15 is 0 Å². The highest BCUT2D eigenvalue weighted by Crippen LogP contribution is 2.22. The van der Waals surface area contributed by atoms with Crippen LogP contribution in [0.15, 0.2) is 78.9 Å². The predicted molar refractivity (Wildman–Crippen MR) is 139 cm³/mol. The number of carbonyl (C=O) groups excluding carboxylic acids is 2. The van der Waals surface area contributed by atoms with Gasteiger partial charge in [0.05, 0.1) is 5.92 Å². The van der Waals surface area contributed by atoms with E-state index in [-0.39, 0.29) is 24.8 Å². The number of hydrogen-bond acceptors (Lipinski definition) is 4. The smallest absolute Gasteiger partial charge is 0.306 e. The van der Waals surface area contributed by atoms with Gasteiger partial charge >= 0.3 is 11.9 Å². The first-order valence-electron chi connectivity index (χ1n) is 12.0. The Balaban J connectivity index is 1.54. The van der Waals surface area contributed by atoms with Crippen LogP contribution in [-0.2, 0) is 20.7 Å². The summed E-state index contributed by atoms with van der Waals surface area (Å²) in [6.45, 7) is 1.65. The molecule has 5 heteroatoms. The summed E-state index contributed by atoms with van der Waals surface area (Å²) in [6, 6.07) is 24.9. The fraction of sp³-hybridized carbons (Fsp3) is 0.258. The van der Waals surface area contributed by atoms with Crippen LogP contribution < -0.4 is 0 Å². The van der Waals surface area contributed by atoms with Crippen molar-refractivity contribution in [3.63, 3.8) is 0 Å². The van der Waals surface area contributed by atoms with Gasteiger partial charge in [-0.1, -0.05) is 78.6 Å². The van der Waals surface area contributed by atoms with Gasteiger partial charge in [-0.15, -0.1) is 0 Å². The molecule has 0 saturated heterocycles. The van der Waals surface area contributed by atoms with Crippen LogP contribution in [0.5, 0.6) is 0 Å². The van der Waals surface area contributed by atoms with E-state index < -0.39 is 11.9 Å². The van der Waals surface area contributed by atoms with Crippen LogP contribution in [0.2, 0.25) is 0 Å². The van der Waals surface area contributed by atoms with E-state index in [9.17, 15) is 19.5 Å². The van der Waals surface area contributed by atoms with Crippen LogP contribution in [0, 0.1) is 17.8 Å². The third-order valence-electron chi connectivity index (χ3n) is 5.83. The molecule has 0 amide bonds. The van der Waals surface area contributed by atoms with E-state index in [0.717, 1.165) is 29.5 Å². The Hall–Kier alpha value is -4.17. The molecule has 0 aliphatic carbocycles. The first-order valence-corrected chi connectivity index (χ1v) is 12.0. The highest BCUT2D eigenvalue weighted by Gasteiger charge is 2.21. The molecule has 1 unspecified atom stereocenters. The number of aryl methyl sites for hydroxylation is 1. The molecule has 0 heterocycles. The Morgan fingerprint density at radius 3 is 2.14 bits per heavy atom. The van der Waals surface area contributed by atoms with Gasteiger partial charge in [0.1, 0.15) is 6.61 Å². The third-order valence-corrected chi connectivity index (χ3v) is 5.83. The van der Waals surface area contributed by atoms with Gasteiger partial charge in [-0.05, 0) is 48.1 Å². The SMILES string of the molecule is CC(=O)OCCC#Cc1ccc(-c2ccc(C(=O)CC(CCCc3ccccc3)C(=O)O)cc2)cc1. The second-order valence-corrected chi connectivity index (χ2v) is 8.59. The van der Waals surface area contributed by atoms with Crippen LogP contribution in [-0.4, -0.2) is 29.4 Å². The minimum absolute atomic E-state index is 0.00566. The Morgan fingerprint density at radius 2 is 1.53 bits per heavy atom. The summed E-state index contributed by atoms with van der Waals surface area (Å²) in [7, 11) is 0. The lowest BCUT2D eigenvalue weighted by molar-refractivity contribution is -0.142. The number of carboxylic acids is 1. The summed E-state index contributed by atoms with van der Waals surface area (Å²) in [5, 5.41) is 9.60. The zero-order valence-corrected chi connectivity index (χ0v) is 20.4. The molecule has 1 atom stereocenters. The molecule has 3 aromatic carbocycles. The maximum Gasteiger partial charge on any atom is 0.306 e. The lowest BCUT2D eigenvalue weighted by Crippen LogP contribution is -2.18. The van der Waals surface area contributed by atoms with E-state index in [2.05, 4.69) is 11.8 Å². The minimum atomic E-state index is -0.928. The summed E-state index contributed by atoms with van der Waals surface area (Å²) in [4.78, 5) is 35.2. The summed E-state index contributed by atoms with van der Waals surface area (Å²) in [5.41, 5.74) is 4.49. The summed E-state index contributed by atoms with van der Waals surface area (Å²) in [5.74, 6) is 3.92. The van der Waals surface area contributed by atoms with Crippen LogP contribution >= 0.6 is 0 Å². The van der Waals surface area contributed by atoms with Gasteiger partial charge < -0.3 is 9.84 Å². The van der Waals surface area contributed by atoms with Crippen LogP contribution in [0.3, 0.4) is 0 Å². The quantitative estimate of drug-likeness (QED) is 0.158. The van der Waals surface area contributed by atoms with Gasteiger partial charge in [0.15, 0.2) is 5.78 Å². The second kappa shape index (κ2) is 13.7. The average Bonchev–Trinajstić information content (AvgIpc) is 2.88. The van der Waals surface area contributed by atoms with Crippen molar-refractivity contribution in [1.29, 1.82) is 0 Å². The van der Waals surface area contributed by atoms with Crippen molar-refractivity contribution in [2.24, 2.45) is 5.92 Å². The fourth-order valence-corrected chi connectivity index (χ4v) is 3.86. The topological polar surface area (TPSA) is 80.7 Å². The van der Waals surface area contributed by atoms with Crippen molar-refractivity contribution in [2.75, 3.05) is 6.61 Å².